The van der Waals surface area contributed by atoms with Crippen molar-refractivity contribution in [1.82, 2.24) is 19.5 Å². The van der Waals surface area contributed by atoms with E-state index in [1.807, 2.05) is 41.5 Å². The molecule has 2 aromatic heterocycles. The highest BCUT2D eigenvalue weighted by atomic mass is 32.2. The van der Waals surface area contributed by atoms with Crippen LogP contribution in [0, 0.1) is 10.8 Å². The van der Waals surface area contributed by atoms with Gasteiger partial charge in [-0.05, 0) is 0 Å². The SMILES string of the molecule is CC(C)(C)C(=O)SCCOP(=O)(OCCSC(=O)C(C)(C)C)OC1COC(n2cnc3c(N)ncnc32)C1. The molecule has 1 aliphatic rings. The molecule has 2 atom stereocenters. The van der Waals surface area contributed by atoms with Crippen molar-refractivity contribution in [3.05, 3.63) is 12.7 Å². The number of hydrogen-bond acceptors (Lipinski definition) is 13. The van der Waals surface area contributed by atoms with Gasteiger partial charge in [0.1, 0.15) is 18.1 Å². The molecule has 0 bridgehead atoms. The van der Waals surface area contributed by atoms with Crippen molar-refractivity contribution < 1.29 is 32.5 Å². The van der Waals surface area contributed by atoms with Crippen LogP contribution in [0.3, 0.4) is 0 Å². The predicted octanol–water partition coefficient (Wildman–Crippen LogP) is 4.47. The number of phosphoric acid groups is 1. The Balaban J connectivity index is 1.61. The summed E-state index contributed by atoms with van der Waals surface area (Å²) in [7, 11) is -4.03. The lowest BCUT2D eigenvalue weighted by Crippen LogP contribution is -2.19. The van der Waals surface area contributed by atoms with Crippen molar-refractivity contribution in [2.45, 2.75) is 60.3 Å². The Morgan fingerprint density at radius 2 is 1.63 bits per heavy atom. The zero-order valence-corrected chi connectivity index (χ0v) is 25.1. The highest BCUT2D eigenvalue weighted by molar-refractivity contribution is 8.14. The van der Waals surface area contributed by atoms with Crippen LogP contribution in [0.2, 0.25) is 0 Å². The molecule has 0 aliphatic carbocycles. The van der Waals surface area contributed by atoms with Crippen LogP contribution in [0.15, 0.2) is 12.7 Å². The fourth-order valence-corrected chi connectivity index (χ4v) is 6.36. The summed E-state index contributed by atoms with van der Waals surface area (Å²) in [6, 6.07) is 0. The van der Waals surface area contributed by atoms with Crippen LogP contribution in [-0.4, -0.2) is 67.2 Å². The lowest BCUT2D eigenvalue weighted by atomic mass is 9.99. The second kappa shape index (κ2) is 12.8. The van der Waals surface area contributed by atoms with Crippen molar-refractivity contribution in [3.8, 4) is 0 Å². The standard InChI is InChI=1S/C23H36N5O7PS2/c1-22(2,3)20(29)37-9-7-33-36(31,34-8-10-38-21(30)23(4,5)6)35-15-11-16(32-12-15)28-14-27-17-18(24)25-13-26-19(17)28/h13-16H,7-12H2,1-6H3,(H2,24,25,26). The summed E-state index contributed by atoms with van der Waals surface area (Å²) in [6.07, 6.45) is 2.16. The molecule has 0 aromatic carbocycles. The molecular formula is C23H36N5O7PS2. The summed E-state index contributed by atoms with van der Waals surface area (Å²) >= 11 is 2.20. The third kappa shape index (κ3) is 8.48. The van der Waals surface area contributed by atoms with Gasteiger partial charge in [0.2, 0.25) is 0 Å². The van der Waals surface area contributed by atoms with E-state index in [0.717, 1.165) is 23.5 Å². The predicted molar refractivity (Wildman–Crippen MR) is 148 cm³/mol. The molecule has 1 fully saturated rings. The van der Waals surface area contributed by atoms with Gasteiger partial charge >= 0.3 is 7.82 Å². The van der Waals surface area contributed by atoms with Crippen LogP contribution in [0.4, 0.5) is 5.82 Å². The molecular weight excluding hydrogens is 553 g/mol. The van der Waals surface area contributed by atoms with E-state index in [9.17, 15) is 14.2 Å². The van der Waals surface area contributed by atoms with Crippen LogP contribution in [-0.2, 0) is 32.5 Å². The van der Waals surface area contributed by atoms with Crippen molar-refractivity contribution in [2.24, 2.45) is 10.8 Å². The maximum absolute atomic E-state index is 13.5. The number of nitrogens with zero attached hydrogens (tertiary/aromatic N) is 4. The average Bonchev–Trinajstić information content (AvgIpc) is 3.45. The summed E-state index contributed by atoms with van der Waals surface area (Å²) in [4.78, 5) is 36.8. The largest absolute Gasteiger partial charge is 0.475 e. The second-order valence-electron chi connectivity index (χ2n) is 10.7. The highest BCUT2D eigenvalue weighted by Crippen LogP contribution is 2.52. The zero-order chi connectivity index (χ0) is 28.1. The van der Waals surface area contributed by atoms with Crippen LogP contribution in [0.1, 0.15) is 54.2 Å². The number of thioether (sulfide) groups is 2. The quantitative estimate of drug-likeness (QED) is 0.289. The fourth-order valence-electron chi connectivity index (χ4n) is 3.21. The van der Waals surface area contributed by atoms with Gasteiger partial charge in [0.25, 0.3) is 0 Å². The molecule has 1 aliphatic heterocycles. The average molecular weight is 590 g/mol. The first-order valence-electron chi connectivity index (χ1n) is 12.2. The van der Waals surface area contributed by atoms with Crippen LogP contribution in [0.5, 0.6) is 0 Å². The highest BCUT2D eigenvalue weighted by Gasteiger charge is 2.37. The maximum Gasteiger partial charge on any atom is 0.475 e. The first kappa shape index (κ1) is 31.0. The number of hydrogen-bond donors (Lipinski definition) is 1. The number of imidazole rings is 1. The van der Waals surface area contributed by atoms with E-state index < -0.39 is 31.0 Å². The van der Waals surface area contributed by atoms with Gasteiger partial charge in [0.15, 0.2) is 21.7 Å². The number of nitrogens with two attached hydrogens (primary N) is 1. The van der Waals surface area contributed by atoms with Gasteiger partial charge < -0.3 is 10.5 Å². The molecule has 12 nitrogen and oxygen atoms in total. The van der Waals surface area contributed by atoms with E-state index >= 15 is 0 Å². The number of ether oxygens (including phenoxy) is 1. The zero-order valence-electron chi connectivity index (χ0n) is 22.5. The van der Waals surface area contributed by atoms with Crippen LogP contribution >= 0.6 is 31.3 Å². The van der Waals surface area contributed by atoms with E-state index in [1.165, 1.54) is 6.33 Å². The number of phosphoric ester groups is 1. The molecule has 3 heterocycles. The summed E-state index contributed by atoms with van der Waals surface area (Å²) in [5.74, 6) is 0.836. The van der Waals surface area contributed by atoms with E-state index in [0.29, 0.717) is 17.6 Å². The van der Waals surface area contributed by atoms with Gasteiger partial charge in [-0.3, -0.25) is 27.7 Å². The number of aromatic nitrogens is 4. The molecule has 2 unspecified atom stereocenters. The molecule has 3 rings (SSSR count). The van der Waals surface area contributed by atoms with E-state index in [2.05, 4.69) is 15.0 Å². The summed E-state index contributed by atoms with van der Waals surface area (Å²) < 4.78 is 38.1. The topological polar surface area (TPSA) is 158 Å². The molecule has 0 radical (unpaired) electrons. The molecule has 38 heavy (non-hydrogen) atoms. The smallest absolute Gasteiger partial charge is 0.382 e. The number of carbonyl (C=O) groups excluding carboxylic acids is 2. The molecule has 2 aromatic rings. The van der Waals surface area contributed by atoms with Gasteiger partial charge in [0, 0.05) is 28.8 Å². The minimum Gasteiger partial charge on any atom is -0.382 e. The van der Waals surface area contributed by atoms with E-state index in [-0.39, 0.29) is 47.4 Å². The minimum atomic E-state index is -4.03. The molecule has 1 saturated heterocycles. The second-order valence-corrected chi connectivity index (χ2v) is 14.5. The third-order valence-electron chi connectivity index (χ3n) is 5.27. The molecule has 2 N–H and O–H groups in total. The van der Waals surface area contributed by atoms with Gasteiger partial charge in [-0.15, -0.1) is 0 Å². The third-order valence-corrected chi connectivity index (χ3v) is 9.32. The number of anilines is 1. The van der Waals surface area contributed by atoms with Gasteiger partial charge in [-0.25, -0.2) is 19.5 Å². The van der Waals surface area contributed by atoms with Crippen molar-refractivity contribution in [3.63, 3.8) is 0 Å². The fraction of sp³-hybridized carbons (Fsp3) is 0.696. The number of fused-ring (bicyclic) bond motifs is 1. The van der Waals surface area contributed by atoms with E-state index in [4.69, 9.17) is 24.0 Å². The molecule has 0 spiro atoms. The Kier molecular flexibility index (Phi) is 10.4. The normalized spacial score (nSPS) is 18.8. The van der Waals surface area contributed by atoms with Crippen molar-refractivity contribution >= 4 is 58.6 Å². The number of carbonyl (C=O) groups is 2. The Morgan fingerprint density at radius 3 is 2.18 bits per heavy atom. The summed E-state index contributed by atoms with van der Waals surface area (Å²) in [5.41, 5.74) is 5.85. The van der Waals surface area contributed by atoms with Crippen LogP contribution in [0.25, 0.3) is 11.2 Å². The molecule has 212 valence electrons. The van der Waals surface area contributed by atoms with E-state index in [1.54, 1.807) is 10.9 Å². The molecule has 0 saturated carbocycles. The van der Waals surface area contributed by atoms with Crippen molar-refractivity contribution in [2.75, 3.05) is 37.1 Å². The monoisotopic (exact) mass is 589 g/mol. The lowest BCUT2D eigenvalue weighted by molar-refractivity contribution is -0.118. The van der Waals surface area contributed by atoms with Crippen molar-refractivity contribution in [1.29, 1.82) is 0 Å². The summed E-state index contributed by atoms with van der Waals surface area (Å²) in [6.45, 7) is 11.1. The van der Waals surface area contributed by atoms with Crippen LogP contribution < -0.4 is 5.73 Å². The van der Waals surface area contributed by atoms with Gasteiger partial charge in [-0.2, -0.15) is 0 Å². The maximum atomic E-state index is 13.5. The van der Waals surface area contributed by atoms with Gasteiger partial charge in [0.05, 0.1) is 32.3 Å². The molecule has 15 heteroatoms. The summed E-state index contributed by atoms with van der Waals surface area (Å²) in [5, 5.41) is -0.00203. The Labute approximate surface area is 231 Å². The number of rotatable bonds is 11. The number of nitrogen functional groups attached to an aromatic ring is 1. The van der Waals surface area contributed by atoms with Gasteiger partial charge in [-0.1, -0.05) is 65.1 Å². The Bertz CT molecular complexity index is 1140. The Morgan fingerprint density at radius 1 is 1.05 bits per heavy atom. The first-order valence-corrected chi connectivity index (χ1v) is 15.6. The first-order chi connectivity index (χ1) is 17.7. The minimum absolute atomic E-state index is 0.00102. The molecule has 0 amide bonds. The Hall–Kier alpha value is -1.54. The lowest BCUT2D eigenvalue weighted by Gasteiger charge is -2.22.